The Balaban J connectivity index is 2.03. The second kappa shape index (κ2) is 5.70. The summed E-state index contributed by atoms with van der Waals surface area (Å²) in [5.41, 5.74) is 6.69. The lowest BCUT2D eigenvalue weighted by Gasteiger charge is -2.11. The Morgan fingerprint density at radius 2 is 2.39 bits per heavy atom. The summed E-state index contributed by atoms with van der Waals surface area (Å²) in [6.07, 6.45) is 1.70. The van der Waals surface area contributed by atoms with Crippen molar-refractivity contribution in [1.82, 2.24) is 15.3 Å². The molecule has 0 aliphatic rings. The monoisotopic (exact) mass is 262 g/mol. The molecule has 1 amide bonds. The van der Waals surface area contributed by atoms with Crippen LogP contribution < -0.4 is 11.1 Å². The fraction of sp³-hybridized carbons (Fsp3) is 0.250. The first-order valence-corrected chi connectivity index (χ1v) is 6.45. The number of hydrogen-bond acceptors (Lipinski definition) is 5. The molecule has 2 rings (SSSR count). The van der Waals surface area contributed by atoms with Crippen LogP contribution in [-0.2, 0) is 6.54 Å². The summed E-state index contributed by atoms with van der Waals surface area (Å²) in [5, 5.41) is 5.32. The van der Waals surface area contributed by atoms with E-state index in [1.165, 1.54) is 11.3 Å². The number of carbonyl (C=O) groups excluding carboxylic acids is 1. The average Bonchev–Trinajstić information content (AvgIpc) is 2.88. The number of nitrogens with one attached hydrogen (secondary N) is 1. The quantitative estimate of drug-likeness (QED) is 0.874. The molecule has 3 N–H and O–H groups in total. The van der Waals surface area contributed by atoms with Gasteiger partial charge in [0.1, 0.15) is 10.7 Å². The van der Waals surface area contributed by atoms with E-state index in [0.717, 1.165) is 10.7 Å². The minimum atomic E-state index is -0.205. The van der Waals surface area contributed by atoms with Crippen LogP contribution in [0.1, 0.15) is 34.2 Å². The van der Waals surface area contributed by atoms with Gasteiger partial charge in [0.25, 0.3) is 5.91 Å². The number of thiazole rings is 1. The molecule has 18 heavy (non-hydrogen) atoms. The van der Waals surface area contributed by atoms with Crippen LogP contribution in [0.3, 0.4) is 0 Å². The Bertz CT molecular complexity index is 526. The average molecular weight is 262 g/mol. The van der Waals surface area contributed by atoms with Crippen molar-refractivity contribution >= 4 is 17.2 Å². The predicted octanol–water partition coefficient (Wildman–Crippen LogP) is 1.49. The number of amides is 1. The van der Waals surface area contributed by atoms with Gasteiger partial charge in [-0.05, 0) is 19.1 Å². The molecule has 2 aromatic rings. The Hall–Kier alpha value is -1.79. The number of hydrogen-bond donors (Lipinski definition) is 2. The second-order valence-electron chi connectivity index (χ2n) is 3.78. The van der Waals surface area contributed by atoms with Crippen molar-refractivity contribution in [3.63, 3.8) is 0 Å². The van der Waals surface area contributed by atoms with E-state index in [1.54, 1.807) is 11.6 Å². The highest BCUT2D eigenvalue weighted by atomic mass is 32.1. The normalized spacial score (nSPS) is 12.1. The van der Waals surface area contributed by atoms with E-state index in [-0.39, 0.29) is 11.9 Å². The van der Waals surface area contributed by atoms with Gasteiger partial charge in [0.05, 0.1) is 11.7 Å². The van der Waals surface area contributed by atoms with Crippen LogP contribution in [0.15, 0.2) is 29.8 Å². The van der Waals surface area contributed by atoms with Gasteiger partial charge in [-0.1, -0.05) is 6.07 Å². The number of rotatable bonds is 4. The number of pyridine rings is 1. The standard InChI is InChI=1S/C12H14N4OS/c1-8(9-4-2-3-5-14-9)15-12(17)10-7-18-11(6-13)16-10/h2-5,7-8H,6,13H2,1H3,(H,15,17)/t8-/m1/s1. The highest BCUT2D eigenvalue weighted by molar-refractivity contribution is 7.09. The molecule has 0 unspecified atom stereocenters. The number of nitrogens with two attached hydrogens (primary N) is 1. The van der Waals surface area contributed by atoms with Gasteiger partial charge in [0.2, 0.25) is 0 Å². The van der Waals surface area contributed by atoms with E-state index >= 15 is 0 Å². The third-order valence-corrected chi connectivity index (χ3v) is 3.31. The lowest BCUT2D eigenvalue weighted by molar-refractivity contribution is 0.0934. The molecule has 1 atom stereocenters. The summed E-state index contributed by atoms with van der Waals surface area (Å²) in [5.74, 6) is -0.205. The Kier molecular flexibility index (Phi) is 4.01. The molecule has 94 valence electrons. The van der Waals surface area contributed by atoms with Gasteiger partial charge in [0, 0.05) is 18.1 Å². The van der Waals surface area contributed by atoms with Crippen molar-refractivity contribution in [2.45, 2.75) is 19.5 Å². The van der Waals surface area contributed by atoms with Crippen molar-refractivity contribution in [2.24, 2.45) is 5.73 Å². The molecule has 5 nitrogen and oxygen atoms in total. The van der Waals surface area contributed by atoms with Crippen LogP contribution in [0.5, 0.6) is 0 Å². The molecule has 0 aliphatic carbocycles. The van der Waals surface area contributed by atoms with Crippen LogP contribution in [0, 0.1) is 0 Å². The Morgan fingerprint density at radius 1 is 1.56 bits per heavy atom. The topological polar surface area (TPSA) is 80.9 Å². The summed E-state index contributed by atoms with van der Waals surface area (Å²) in [7, 11) is 0. The van der Waals surface area contributed by atoms with E-state index in [0.29, 0.717) is 12.2 Å². The molecule has 0 aromatic carbocycles. The minimum Gasteiger partial charge on any atom is -0.343 e. The largest absolute Gasteiger partial charge is 0.343 e. The van der Waals surface area contributed by atoms with Crippen molar-refractivity contribution in [3.8, 4) is 0 Å². The fourth-order valence-electron chi connectivity index (χ4n) is 1.49. The van der Waals surface area contributed by atoms with Crippen LogP contribution in [-0.4, -0.2) is 15.9 Å². The van der Waals surface area contributed by atoms with Gasteiger partial charge < -0.3 is 11.1 Å². The first-order valence-electron chi connectivity index (χ1n) is 5.57. The van der Waals surface area contributed by atoms with Crippen LogP contribution in [0.25, 0.3) is 0 Å². The Morgan fingerprint density at radius 3 is 3.00 bits per heavy atom. The van der Waals surface area contributed by atoms with E-state index in [4.69, 9.17) is 5.73 Å². The number of nitrogens with zero attached hydrogens (tertiary/aromatic N) is 2. The van der Waals surface area contributed by atoms with Crippen LogP contribution >= 0.6 is 11.3 Å². The Labute approximate surface area is 109 Å². The zero-order chi connectivity index (χ0) is 13.0. The summed E-state index contributed by atoms with van der Waals surface area (Å²) in [6.45, 7) is 2.24. The van der Waals surface area contributed by atoms with Gasteiger partial charge in [-0.15, -0.1) is 11.3 Å². The first-order chi connectivity index (χ1) is 8.70. The van der Waals surface area contributed by atoms with Crippen molar-refractivity contribution in [2.75, 3.05) is 0 Å². The van der Waals surface area contributed by atoms with Crippen LogP contribution in [0.4, 0.5) is 0 Å². The lowest BCUT2D eigenvalue weighted by Crippen LogP contribution is -2.27. The summed E-state index contributed by atoms with van der Waals surface area (Å²) >= 11 is 1.39. The molecule has 0 spiro atoms. The SMILES string of the molecule is C[C@@H](NC(=O)c1csc(CN)n1)c1ccccn1. The summed E-state index contributed by atoms with van der Waals surface area (Å²) in [4.78, 5) is 20.3. The second-order valence-corrected chi connectivity index (χ2v) is 4.72. The first kappa shape index (κ1) is 12.7. The highest BCUT2D eigenvalue weighted by Crippen LogP contribution is 2.12. The van der Waals surface area contributed by atoms with Crippen LogP contribution in [0.2, 0.25) is 0 Å². The molecular formula is C12H14N4OS. The summed E-state index contributed by atoms with van der Waals surface area (Å²) in [6, 6.07) is 5.45. The molecule has 0 aliphatic heterocycles. The van der Waals surface area contributed by atoms with Gasteiger partial charge in [-0.3, -0.25) is 9.78 Å². The van der Waals surface area contributed by atoms with Crippen molar-refractivity contribution in [1.29, 1.82) is 0 Å². The smallest absolute Gasteiger partial charge is 0.271 e. The van der Waals surface area contributed by atoms with E-state index < -0.39 is 0 Å². The molecule has 2 heterocycles. The molecule has 0 bridgehead atoms. The molecule has 0 fully saturated rings. The predicted molar refractivity (Wildman–Crippen MR) is 70.1 cm³/mol. The molecule has 0 saturated carbocycles. The molecule has 2 aromatic heterocycles. The zero-order valence-electron chi connectivity index (χ0n) is 9.96. The molecule has 0 saturated heterocycles. The number of carbonyl (C=O) groups is 1. The van der Waals surface area contributed by atoms with Gasteiger partial charge in [-0.25, -0.2) is 4.98 Å². The highest BCUT2D eigenvalue weighted by Gasteiger charge is 2.14. The third-order valence-electron chi connectivity index (χ3n) is 2.44. The van der Waals surface area contributed by atoms with E-state index in [2.05, 4.69) is 15.3 Å². The molecular weight excluding hydrogens is 248 g/mol. The van der Waals surface area contributed by atoms with Gasteiger partial charge >= 0.3 is 0 Å². The zero-order valence-corrected chi connectivity index (χ0v) is 10.8. The van der Waals surface area contributed by atoms with Gasteiger partial charge in [0.15, 0.2) is 0 Å². The third kappa shape index (κ3) is 2.91. The van der Waals surface area contributed by atoms with Crippen molar-refractivity contribution < 1.29 is 4.79 Å². The maximum atomic E-state index is 11.9. The number of aromatic nitrogens is 2. The minimum absolute atomic E-state index is 0.151. The van der Waals surface area contributed by atoms with Crippen molar-refractivity contribution in [3.05, 3.63) is 46.2 Å². The molecule has 0 radical (unpaired) electrons. The van der Waals surface area contributed by atoms with E-state index in [1.807, 2.05) is 25.1 Å². The maximum absolute atomic E-state index is 11.9. The molecule has 6 heteroatoms. The maximum Gasteiger partial charge on any atom is 0.271 e. The summed E-state index contributed by atoms with van der Waals surface area (Å²) < 4.78 is 0. The van der Waals surface area contributed by atoms with E-state index in [9.17, 15) is 4.79 Å². The lowest BCUT2D eigenvalue weighted by atomic mass is 10.2. The fourth-order valence-corrected chi connectivity index (χ4v) is 2.14. The van der Waals surface area contributed by atoms with Gasteiger partial charge in [-0.2, -0.15) is 0 Å².